The molecule has 0 aromatic rings. The number of carbonyl (C=O) groups excluding carboxylic acids is 3. The zero-order valence-electron chi connectivity index (χ0n) is 32.3. The number of hydrogen-bond donors (Lipinski definition) is 0. The average Bonchev–Trinajstić information content (AvgIpc) is 3.06. The number of carboxylic acids is 1. The van der Waals surface area contributed by atoms with E-state index in [1.165, 1.54) is 38.5 Å². The number of unbranched alkanes of at least 4 members (excludes halogenated alkanes) is 11. The third kappa shape index (κ3) is 31.0. The van der Waals surface area contributed by atoms with E-state index in [1.807, 2.05) is 18.2 Å². The number of quaternary nitrogens is 1. The molecule has 0 rings (SSSR count). The van der Waals surface area contributed by atoms with Crippen LogP contribution in [0.2, 0.25) is 0 Å². The Kier molecular flexibility index (Phi) is 31.2. The minimum Gasteiger partial charge on any atom is -0.544 e. The summed E-state index contributed by atoms with van der Waals surface area (Å²) in [6.45, 7) is 4.40. The quantitative estimate of drug-likeness (QED) is 0.0222. The molecule has 8 nitrogen and oxygen atoms in total. The van der Waals surface area contributed by atoms with Crippen molar-refractivity contribution in [1.29, 1.82) is 0 Å². The third-order valence-electron chi connectivity index (χ3n) is 8.21. The van der Waals surface area contributed by atoms with Gasteiger partial charge in [0.2, 0.25) is 0 Å². The van der Waals surface area contributed by atoms with Crippen molar-refractivity contribution in [3.63, 3.8) is 0 Å². The normalized spacial score (nSPS) is 13.7. The van der Waals surface area contributed by atoms with Gasteiger partial charge in [-0.05, 0) is 51.4 Å². The standard InChI is InChI=1S/C42H71NO7/c1-6-8-10-12-14-16-18-20-22-24-26-28-30-32-40(44)49-37-38(36-48-35-34-39(42(46)47)43(3,4)5)50-41(45)33-31-29-27-25-23-21-19-17-15-13-11-9-7-2/h8,10,12,14,16,18,21,23,27,29,38-39H,6-7,9,11,13,15,17,19-20,22,24-26,28,30-37H2,1-5H3/b10-8+,14-12+,18-16+,23-21+,29-27+. The molecule has 2 atom stereocenters. The first-order valence-electron chi connectivity index (χ1n) is 19.3. The van der Waals surface area contributed by atoms with E-state index in [9.17, 15) is 19.5 Å². The third-order valence-corrected chi connectivity index (χ3v) is 8.21. The molecule has 0 heterocycles. The molecule has 0 aliphatic rings. The Labute approximate surface area is 305 Å². The van der Waals surface area contributed by atoms with Gasteiger partial charge in [0, 0.05) is 19.3 Å². The summed E-state index contributed by atoms with van der Waals surface area (Å²) in [4.78, 5) is 36.6. The summed E-state index contributed by atoms with van der Waals surface area (Å²) in [5, 5.41) is 11.6. The predicted octanol–water partition coefficient (Wildman–Crippen LogP) is 8.52. The van der Waals surface area contributed by atoms with Gasteiger partial charge in [0.05, 0.1) is 40.3 Å². The van der Waals surface area contributed by atoms with Crippen LogP contribution in [0, 0.1) is 0 Å². The molecule has 0 saturated heterocycles. The Morgan fingerprint density at radius 2 is 1.24 bits per heavy atom. The second kappa shape index (κ2) is 33.2. The van der Waals surface area contributed by atoms with Gasteiger partial charge in [-0.2, -0.15) is 0 Å². The fraction of sp³-hybridized carbons (Fsp3) is 0.690. The first kappa shape index (κ1) is 47.0. The van der Waals surface area contributed by atoms with Crippen molar-refractivity contribution in [2.24, 2.45) is 0 Å². The SMILES string of the molecule is CC/C=C/C=C/C=C/CCCCCCCC(=O)OCC(COCCC(C(=O)[O-])[N+](C)(C)C)OC(=O)CC/C=C/C/C=C/CCCCCCCC. The largest absolute Gasteiger partial charge is 0.544 e. The molecule has 50 heavy (non-hydrogen) atoms. The number of allylic oxidation sites excluding steroid dienone is 10. The number of esters is 2. The molecule has 2 unspecified atom stereocenters. The van der Waals surface area contributed by atoms with E-state index < -0.39 is 24.1 Å². The van der Waals surface area contributed by atoms with E-state index in [4.69, 9.17) is 14.2 Å². The van der Waals surface area contributed by atoms with Crippen molar-refractivity contribution in [2.45, 2.75) is 148 Å². The van der Waals surface area contributed by atoms with Crippen LogP contribution in [0.15, 0.2) is 60.8 Å². The summed E-state index contributed by atoms with van der Waals surface area (Å²) in [5.74, 6) is -1.86. The monoisotopic (exact) mass is 702 g/mol. The lowest BCUT2D eigenvalue weighted by Crippen LogP contribution is -2.55. The van der Waals surface area contributed by atoms with Crippen LogP contribution in [0.3, 0.4) is 0 Å². The molecule has 0 amide bonds. The topological polar surface area (TPSA) is 102 Å². The first-order chi connectivity index (χ1) is 24.1. The average molecular weight is 702 g/mol. The van der Waals surface area contributed by atoms with Gasteiger partial charge >= 0.3 is 11.9 Å². The zero-order valence-corrected chi connectivity index (χ0v) is 32.3. The summed E-state index contributed by atoms with van der Waals surface area (Å²) >= 11 is 0. The second-order valence-corrected chi connectivity index (χ2v) is 13.8. The number of hydrogen-bond acceptors (Lipinski definition) is 7. The van der Waals surface area contributed by atoms with Crippen molar-refractivity contribution >= 4 is 17.9 Å². The molecule has 0 aromatic carbocycles. The molecule has 0 radical (unpaired) electrons. The maximum Gasteiger partial charge on any atom is 0.306 e. The number of carboxylic acid groups (broad SMARTS) is 1. The van der Waals surface area contributed by atoms with Crippen LogP contribution in [0.4, 0.5) is 0 Å². The van der Waals surface area contributed by atoms with Crippen molar-refractivity contribution in [3.8, 4) is 0 Å². The van der Waals surface area contributed by atoms with Gasteiger partial charge in [-0.25, -0.2) is 0 Å². The lowest BCUT2D eigenvalue weighted by atomic mass is 10.1. The molecule has 0 aliphatic heterocycles. The first-order valence-corrected chi connectivity index (χ1v) is 19.3. The van der Waals surface area contributed by atoms with Crippen LogP contribution < -0.4 is 5.11 Å². The number of carbonyl (C=O) groups is 3. The molecular formula is C42H71NO7. The second-order valence-electron chi connectivity index (χ2n) is 13.8. The van der Waals surface area contributed by atoms with Crippen molar-refractivity contribution < 1.29 is 38.2 Å². The summed E-state index contributed by atoms with van der Waals surface area (Å²) in [6.07, 6.45) is 38.3. The van der Waals surface area contributed by atoms with Crippen molar-refractivity contribution in [1.82, 2.24) is 0 Å². The lowest BCUT2D eigenvalue weighted by Gasteiger charge is -2.34. The fourth-order valence-corrected chi connectivity index (χ4v) is 5.18. The highest BCUT2D eigenvalue weighted by Crippen LogP contribution is 2.11. The van der Waals surface area contributed by atoms with Gasteiger partial charge < -0.3 is 28.6 Å². The van der Waals surface area contributed by atoms with Crippen molar-refractivity contribution in [3.05, 3.63) is 60.8 Å². The number of likely N-dealkylation sites (N-methyl/N-ethyl adjacent to an activating group) is 1. The molecule has 0 saturated carbocycles. The predicted molar refractivity (Wildman–Crippen MR) is 203 cm³/mol. The van der Waals surface area contributed by atoms with Gasteiger partial charge in [0.25, 0.3) is 0 Å². The number of nitrogens with zero attached hydrogens (tertiary/aromatic N) is 1. The summed E-state index contributed by atoms with van der Waals surface area (Å²) in [5.41, 5.74) is 0. The van der Waals surface area contributed by atoms with Crippen LogP contribution in [0.5, 0.6) is 0 Å². The fourth-order valence-electron chi connectivity index (χ4n) is 5.18. The minimum absolute atomic E-state index is 0.00878. The van der Waals surface area contributed by atoms with E-state index in [1.54, 1.807) is 21.1 Å². The van der Waals surface area contributed by atoms with Crippen LogP contribution >= 0.6 is 0 Å². The van der Waals surface area contributed by atoms with Gasteiger partial charge in [-0.15, -0.1) is 0 Å². The Balaban J connectivity index is 4.55. The Morgan fingerprint density at radius 1 is 0.640 bits per heavy atom. The van der Waals surface area contributed by atoms with Crippen LogP contribution in [-0.2, 0) is 28.6 Å². The number of aliphatic carboxylic acids is 1. The molecule has 286 valence electrons. The van der Waals surface area contributed by atoms with Crippen LogP contribution in [0.25, 0.3) is 0 Å². The molecule has 0 N–H and O–H groups in total. The maximum atomic E-state index is 12.6. The molecule has 0 aliphatic carbocycles. The lowest BCUT2D eigenvalue weighted by molar-refractivity contribution is -0.889. The minimum atomic E-state index is -1.14. The van der Waals surface area contributed by atoms with Crippen LogP contribution in [0.1, 0.15) is 136 Å². The van der Waals surface area contributed by atoms with E-state index in [-0.39, 0.29) is 43.1 Å². The molecule has 0 spiro atoms. The highest BCUT2D eigenvalue weighted by molar-refractivity contribution is 5.70. The number of rotatable bonds is 33. The van der Waals surface area contributed by atoms with E-state index in [0.29, 0.717) is 12.8 Å². The highest BCUT2D eigenvalue weighted by Gasteiger charge is 2.25. The summed E-state index contributed by atoms with van der Waals surface area (Å²) in [6, 6.07) is -0.738. The van der Waals surface area contributed by atoms with Gasteiger partial charge in [-0.3, -0.25) is 9.59 Å². The Bertz CT molecular complexity index is 1010. The Hall–Kier alpha value is -2.97. The van der Waals surface area contributed by atoms with Crippen LogP contribution in [-0.4, -0.2) is 75.5 Å². The molecule has 8 heteroatoms. The maximum absolute atomic E-state index is 12.6. The summed E-state index contributed by atoms with van der Waals surface area (Å²) in [7, 11) is 5.36. The molecule has 0 aromatic heterocycles. The van der Waals surface area contributed by atoms with Gasteiger partial charge in [0.1, 0.15) is 12.6 Å². The van der Waals surface area contributed by atoms with E-state index >= 15 is 0 Å². The molecular weight excluding hydrogens is 630 g/mol. The number of ether oxygens (including phenoxy) is 3. The van der Waals surface area contributed by atoms with Gasteiger partial charge in [-0.1, -0.05) is 126 Å². The van der Waals surface area contributed by atoms with E-state index in [0.717, 1.165) is 57.8 Å². The zero-order chi connectivity index (χ0) is 37.1. The molecule has 0 fully saturated rings. The van der Waals surface area contributed by atoms with Gasteiger partial charge in [0.15, 0.2) is 6.10 Å². The Morgan fingerprint density at radius 3 is 1.88 bits per heavy atom. The smallest absolute Gasteiger partial charge is 0.306 e. The van der Waals surface area contributed by atoms with Crippen molar-refractivity contribution in [2.75, 3.05) is 41.0 Å². The summed E-state index contributed by atoms with van der Waals surface area (Å²) < 4.78 is 17.0. The van der Waals surface area contributed by atoms with E-state index in [2.05, 4.69) is 56.4 Å². The molecule has 0 bridgehead atoms. The highest BCUT2D eigenvalue weighted by atomic mass is 16.6.